The normalized spacial score (nSPS) is 25.0. The molecule has 3 saturated heterocycles. The molecule has 3 fully saturated rings. The molecule has 1 aliphatic carbocycles. The summed E-state index contributed by atoms with van der Waals surface area (Å²) in [5, 5.41) is 5.49. The molecule has 4 aliphatic rings. The largest absolute Gasteiger partial charge is 0.346 e. The Morgan fingerprint density at radius 3 is 2.50 bits per heavy atom. The Morgan fingerprint density at radius 1 is 0.882 bits per heavy atom. The molecule has 3 aliphatic heterocycles. The number of nitrogens with zero attached hydrogens (tertiary/aromatic N) is 6. The highest BCUT2D eigenvalue weighted by Gasteiger charge is 2.34. The molecular formula is C25H36N6O2S. The van der Waals surface area contributed by atoms with E-state index in [1.807, 2.05) is 0 Å². The molecule has 6 rings (SSSR count). The zero-order chi connectivity index (χ0) is 23.1. The molecule has 2 aromatic heterocycles. The van der Waals surface area contributed by atoms with Gasteiger partial charge in [-0.05, 0) is 77.3 Å². The van der Waals surface area contributed by atoms with Gasteiger partial charge in [-0.3, -0.25) is 9.59 Å². The summed E-state index contributed by atoms with van der Waals surface area (Å²) in [4.78, 5) is 38.8. The second-order valence-corrected chi connectivity index (χ2v) is 11.5. The fraction of sp³-hybridized carbons (Fsp3) is 0.760. The highest BCUT2D eigenvalue weighted by Crippen LogP contribution is 2.30. The van der Waals surface area contributed by atoms with Crippen molar-refractivity contribution < 1.29 is 4.79 Å². The Hall–Kier alpha value is -2.00. The zero-order valence-corrected chi connectivity index (χ0v) is 20.9. The SMILES string of the molecule is O=C(C1CCCN(c2nn3c(=O)c4c(nc3s2)CCCC4)C1)N1CCC(N2CCCCC2)CC1. The van der Waals surface area contributed by atoms with Gasteiger partial charge in [0.25, 0.3) is 5.56 Å². The van der Waals surface area contributed by atoms with Crippen molar-refractivity contribution in [1.82, 2.24) is 24.4 Å². The number of likely N-dealkylation sites (tertiary alicyclic amines) is 2. The van der Waals surface area contributed by atoms with Crippen LogP contribution in [0.3, 0.4) is 0 Å². The summed E-state index contributed by atoms with van der Waals surface area (Å²) in [6.45, 7) is 5.83. The average Bonchev–Trinajstić information content (AvgIpc) is 3.34. The summed E-state index contributed by atoms with van der Waals surface area (Å²) < 4.78 is 1.50. The molecule has 34 heavy (non-hydrogen) atoms. The molecule has 0 radical (unpaired) electrons. The fourth-order valence-corrected chi connectivity index (χ4v) is 7.38. The van der Waals surface area contributed by atoms with Crippen molar-refractivity contribution in [2.75, 3.05) is 44.2 Å². The van der Waals surface area contributed by atoms with Crippen molar-refractivity contribution in [3.63, 3.8) is 0 Å². The Morgan fingerprint density at radius 2 is 1.68 bits per heavy atom. The van der Waals surface area contributed by atoms with Gasteiger partial charge in [-0.2, -0.15) is 4.52 Å². The van der Waals surface area contributed by atoms with Gasteiger partial charge in [0.2, 0.25) is 16.0 Å². The van der Waals surface area contributed by atoms with Crippen LogP contribution in [0.1, 0.15) is 69.0 Å². The van der Waals surface area contributed by atoms with Gasteiger partial charge in [0, 0.05) is 37.8 Å². The molecule has 0 bridgehead atoms. The average molecular weight is 485 g/mol. The number of rotatable bonds is 3. The van der Waals surface area contributed by atoms with E-state index in [0.717, 1.165) is 87.4 Å². The van der Waals surface area contributed by atoms with Crippen LogP contribution in [0.15, 0.2) is 4.79 Å². The lowest BCUT2D eigenvalue weighted by Gasteiger charge is -2.42. The van der Waals surface area contributed by atoms with Gasteiger partial charge in [-0.25, -0.2) is 4.98 Å². The number of amides is 1. The van der Waals surface area contributed by atoms with E-state index in [9.17, 15) is 9.59 Å². The molecule has 5 heterocycles. The minimum absolute atomic E-state index is 0.00316. The van der Waals surface area contributed by atoms with Gasteiger partial charge in [-0.15, -0.1) is 5.10 Å². The predicted molar refractivity (Wildman–Crippen MR) is 134 cm³/mol. The summed E-state index contributed by atoms with van der Waals surface area (Å²) in [5.74, 6) is 0.332. The first-order valence-corrected chi connectivity index (χ1v) is 14.2. The number of carbonyl (C=O) groups excluding carboxylic acids is 1. The molecule has 0 N–H and O–H groups in total. The summed E-state index contributed by atoms with van der Waals surface area (Å²) in [5.41, 5.74) is 1.81. The first-order chi connectivity index (χ1) is 16.7. The molecule has 1 atom stereocenters. The summed E-state index contributed by atoms with van der Waals surface area (Å²) >= 11 is 1.49. The number of aryl methyl sites for hydroxylation is 1. The van der Waals surface area contributed by atoms with E-state index in [4.69, 9.17) is 4.98 Å². The maximum atomic E-state index is 13.4. The van der Waals surface area contributed by atoms with E-state index >= 15 is 0 Å². The van der Waals surface area contributed by atoms with Crippen LogP contribution >= 0.6 is 11.3 Å². The second-order valence-electron chi connectivity index (χ2n) is 10.6. The monoisotopic (exact) mass is 484 g/mol. The molecule has 1 amide bonds. The number of hydrogen-bond donors (Lipinski definition) is 0. The Labute approximate surface area is 204 Å². The number of aromatic nitrogens is 3. The minimum Gasteiger partial charge on any atom is -0.346 e. The molecule has 2 aromatic rings. The van der Waals surface area contributed by atoms with E-state index in [-0.39, 0.29) is 11.5 Å². The topological polar surface area (TPSA) is 74.0 Å². The highest BCUT2D eigenvalue weighted by molar-refractivity contribution is 7.20. The number of anilines is 1. The molecule has 0 spiro atoms. The molecular weight excluding hydrogens is 448 g/mol. The number of piperidine rings is 3. The third-order valence-electron chi connectivity index (χ3n) is 8.39. The van der Waals surface area contributed by atoms with Crippen LogP contribution in [-0.4, -0.2) is 75.6 Å². The number of fused-ring (bicyclic) bond motifs is 2. The smallest absolute Gasteiger partial charge is 0.278 e. The fourth-order valence-electron chi connectivity index (χ4n) is 6.44. The minimum atomic E-state index is 0.00316. The van der Waals surface area contributed by atoms with Gasteiger partial charge in [0.05, 0.1) is 11.6 Å². The maximum Gasteiger partial charge on any atom is 0.278 e. The lowest BCUT2D eigenvalue weighted by molar-refractivity contribution is -0.137. The van der Waals surface area contributed by atoms with Crippen molar-refractivity contribution >= 4 is 27.3 Å². The van der Waals surface area contributed by atoms with Gasteiger partial charge in [0.1, 0.15) is 0 Å². The third kappa shape index (κ3) is 4.26. The van der Waals surface area contributed by atoms with Gasteiger partial charge >= 0.3 is 0 Å². The van der Waals surface area contributed by atoms with E-state index < -0.39 is 0 Å². The zero-order valence-electron chi connectivity index (χ0n) is 20.1. The Balaban J connectivity index is 1.12. The lowest BCUT2D eigenvalue weighted by Crippen LogP contribution is -2.51. The standard InChI is InChI=1S/C25H36N6O2S/c32-22(29-15-10-19(11-16-29)28-12-4-1-5-13-28)18-7-6-14-30(17-18)25-27-31-23(33)20-8-2-3-9-21(20)26-24(31)34-25/h18-19H,1-17H2. The van der Waals surface area contributed by atoms with Gasteiger partial charge in [-0.1, -0.05) is 17.8 Å². The van der Waals surface area contributed by atoms with Crippen LogP contribution in [-0.2, 0) is 17.6 Å². The van der Waals surface area contributed by atoms with E-state index in [1.165, 1.54) is 48.2 Å². The van der Waals surface area contributed by atoms with Gasteiger partial charge in [0.15, 0.2) is 0 Å². The first-order valence-electron chi connectivity index (χ1n) is 13.4. The summed E-state index contributed by atoms with van der Waals surface area (Å²) in [7, 11) is 0. The van der Waals surface area contributed by atoms with Crippen LogP contribution in [0.4, 0.5) is 5.13 Å². The Bertz CT molecular complexity index is 1100. The van der Waals surface area contributed by atoms with Gasteiger partial charge < -0.3 is 14.7 Å². The first kappa shape index (κ1) is 22.5. The number of carbonyl (C=O) groups is 1. The van der Waals surface area contributed by atoms with Crippen LogP contribution in [0.5, 0.6) is 0 Å². The molecule has 0 saturated carbocycles. The predicted octanol–water partition coefficient (Wildman–Crippen LogP) is 2.72. The van der Waals surface area contributed by atoms with E-state index in [1.54, 1.807) is 0 Å². The van der Waals surface area contributed by atoms with Crippen LogP contribution in [0, 0.1) is 5.92 Å². The summed E-state index contributed by atoms with van der Waals surface area (Å²) in [6, 6.07) is 0.659. The van der Waals surface area contributed by atoms with Crippen LogP contribution in [0.2, 0.25) is 0 Å². The van der Waals surface area contributed by atoms with Crippen molar-refractivity contribution in [2.45, 2.75) is 76.7 Å². The molecule has 8 nitrogen and oxygen atoms in total. The van der Waals surface area contributed by atoms with Crippen molar-refractivity contribution in [3.8, 4) is 0 Å². The second kappa shape index (κ2) is 9.57. The molecule has 0 aromatic carbocycles. The number of hydrogen-bond acceptors (Lipinski definition) is 7. The lowest BCUT2D eigenvalue weighted by atomic mass is 9.94. The quantitative estimate of drug-likeness (QED) is 0.667. The van der Waals surface area contributed by atoms with Crippen LogP contribution < -0.4 is 10.5 Å². The summed E-state index contributed by atoms with van der Waals surface area (Å²) in [6.07, 6.45) is 12.0. The molecule has 184 valence electrons. The molecule has 9 heteroatoms. The van der Waals surface area contributed by atoms with Crippen molar-refractivity contribution in [3.05, 3.63) is 21.6 Å². The highest BCUT2D eigenvalue weighted by atomic mass is 32.1. The third-order valence-corrected chi connectivity index (χ3v) is 9.36. The van der Waals surface area contributed by atoms with E-state index in [0.29, 0.717) is 23.5 Å². The maximum absolute atomic E-state index is 13.4. The van der Waals surface area contributed by atoms with Crippen molar-refractivity contribution in [2.24, 2.45) is 5.92 Å². The van der Waals surface area contributed by atoms with Crippen molar-refractivity contribution in [1.29, 1.82) is 0 Å². The van der Waals surface area contributed by atoms with Crippen LogP contribution in [0.25, 0.3) is 4.96 Å². The molecule has 1 unspecified atom stereocenters. The van der Waals surface area contributed by atoms with E-state index in [2.05, 4.69) is 19.8 Å². The Kier molecular flexibility index (Phi) is 6.32.